The summed E-state index contributed by atoms with van der Waals surface area (Å²) in [6.45, 7) is 6.62. The zero-order valence-corrected chi connectivity index (χ0v) is 16.4. The van der Waals surface area contributed by atoms with E-state index in [1.807, 2.05) is 43.9 Å². The minimum absolute atomic E-state index is 0.00735. The molecule has 0 radical (unpaired) electrons. The molecule has 0 spiro atoms. The Bertz CT molecular complexity index is 1000. The summed E-state index contributed by atoms with van der Waals surface area (Å²) in [4.78, 5) is 21.0. The summed E-state index contributed by atoms with van der Waals surface area (Å²) in [7, 11) is 0. The molecular weight excluding hydrogens is 396 g/mol. The molecule has 3 heterocycles. The standard InChI is InChI=1S/C18H19BrN6O/c1-10(2)18(26)20-7-16-22-17-13-6-12(19)4-5-14(13)24-9-21-11(3)15(24)8-25(17)23-16/h4-6,9-10H,7-8H2,1-3H3,(H,20,26). The first-order chi connectivity index (χ1) is 12.4. The van der Waals surface area contributed by atoms with Gasteiger partial charge in [0, 0.05) is 16.0 Å². The molecule has 0 bridgehead atoms. The molecule has 0 saturated heterocycles. The number of hydrogen-bond acceptors (Lipinski definition) is 4. The molecule has 1 aliphatic rings. The van der Waals surface area contributed by atoms with Crippen LogP contribution < -0.4 is 5.32 Å². The number of benzene rings is 1. The molecule has 0 atom stereocenters. The maximum atomic E-state index is 11.8. The van der Waals surface area contributed by atoms with Gasteiger partial charge in [0.05, 0.1) is 36.5 Å². The van der Waals surface area contributed by atoms with Crippen molar-refractivity contribution in [3.05, 3.63) is 46.2 Å². The largest absolute Gasteiger partial charge is 0.349 e. The number of aryl methyl sites for hydroxylation is 1. The Labute approximate surface area is 159 Å². The van der Waals surface area contributed by atoms with Gasteiger partial charge in [-0.05, 0) is 25.1 Å². The van der Waals surface area contributed by atoms with Crippen molar-refractivity contribution in [3.8, 4) is 17.1 Å². The first-order valence-electron chi connectivity index (χ1n) is 8.48. The van der Waals surface area contributed by atoms with Crippen molar-refractivity contribution in [1.82, 2.24) is 29.6 Å². The lowest BCUT2D eigenvalue weighted by Crippen LogP contribution is -2.27. The van der Waals surface area contributed by atoms with Gasteiger partial charge in [-0.2, -0.15) is 5.10 Å². The summed E-state index contributed by atoms with van der Waals surface area (Å²) in [5, 5.41) is 7.50. The number of hydrogen-bond donors (Lipinski definition) is 1. The number of fused-ring (bicyclic) bond motifs is 5. The summed E-state index contributed by atoms with van der Waals surface area (Å²) >= 11 is 3.55. The number of imidazole rings is 1. The quantitative estimate of drug-likeness (QED) is 0.558. The van der Waals surface area contributed by atoms with Crippen molar-refractivity contribution in [2.45, 2.75) is 33.9 Å². The van der Waals surface area contributed by atoms with Gasteiger partial charge < -0.3 is 9.88 Å². The van der Waals surface area contributed by atoms with Gasteiger partial charge >= 0.3 is 0 Å². The molecule has 0 unspecified atom stereocenters. The zero-order valence-electron chi connectivity index (χ0n) is 14.8. The van der Waals surface area contributed by atoms with Crippen molar-refractivity contribution < 1.29 is 4.79 Å². The van der Waals surface area contributed by atoms with Crippen molar-refractivity contribution in [1.29, 1.82) is 0 Å². The molecule has 1 aromatic carbocycles. The highest BCUT2D eigenvalue weighted by Crippen LogP contribution is 2.33. The fourth-order valence-corrected chi connectivity index (χ4v) is 3.41. The lowest BCUT2D eigenvalue weighted by Gasteiger charge is -2.09. The molecule has 26 heavy (non-hydrogen) atoms. The van der Waals surface area contributed by atoms with E-state index in [2.05, 4.69) is 42.0 Å². The fraction of sp³-hybridized carbons (Fsp3) is 0.333. The monoisotopic (exact) mass is 414 g/mol. The highest BCUT2D eigenvalue weighted by atomic mass is 79.9. The molecule has 134 valence electrons. The average Bonchev–Trinajstić information content (AvgIpc) is 3.14. The summed E-state index contributed by atoms with van der Waals surface area (Å²) < 4.78 is 4.95. The maximum absolute atomic E-state index is 11.8. The van der Waals surface area contributed by atoms with Crippen molar-refractivity contribution in [2.24, 2.45) is 5.92 Å². The van der Waals surface area contributed by atoms with Crippen LogP contribution in [0, 0.1) is 12.8 Å². The molecule has 2 aromatic heterocycles. The maximum Gasteiger partial charge on any atom is 0.222 e. The second-order valence-electron chi connectivity index (χ2n) is 6.69. The summed E-state index contributed by atoms with van der Waals surface area (Å²) in [6, 6.07) is 6.10. The second kappa shape index (κ2) is 6.35. The van der Waals surface area contributed by atoms with Crippen LogP contribution in [0.15, 0.2) is 29.0 Å². The van der Waals surface area contributed by atoms with Gasteiger partial charge in [0.1, 0.15) is 0 Å². The molecule has 1 amide bonds. The topological polar surface area (TPSA) is 77.6 Å². The van der Waals surface area contributed by atoms with Crippen LogP contribution >= 0.6 is 15.9 Å². The van der Waals surface area contributed by atoms with Crippen LogP contribution in [0.4, 0.5) is 0 Å². The molecule has 1 aliphatic heterocycles. The summed E-state index contributed by atoms with van der Waals surface area (Å²) in [6.07, 6.45) is 1.84. The normalized spacial score (nSPS) is 12.3. The molecule has 3 aromatic rings. The first-order valence-corrected chi connectivity index (χ1v) is 9.28. The third-order valence-corrected chi connectivity index (χ3v) is 4.99. The Morgan fingerprint density at radius 1 is 1.38 bits per heavy atom. The Kier molecular flexibility index (Phi) is 4.14. The van der Waals surface area contributed by atoms with Crippen LogP contribution in [0.1, 0.15) is 31.1 Å². The minimum atomic E-state index is -0.0656. The molecular formula is C18H19BrN6O. The Morgan fingerprint density at radius 2 is 2.19 bits per heavy atom. The smallest absolute Gasteiger partial charge is 0.222 e. The van der Waals surface area contributed by atoms with Crippen molar-refractivity contribution in [2.75, 3.05) is 0 Å². The first kappa shape index (κ1) is 17.0. The zero-order chi connectivity index (χ0) is 18.4. The van der Waals surface area contributed by atoms with Crippen LogP contribution in [0.3, 0.4) is 0 Å². The highest BCUT2D eigenvalue weighted by Gasteiger charge is 2.24. The number of rotatable bonds is 3. The number of aromatic nitrogens is 5. The number of carbonyl (C=O) groups excluding carboxylic acids is 1. The third kappa shape index (κ3) is 2.84. The lowest BCUT2D eigenvalue weighted by atomic mass is 10.1. The Balaban J connectivity index is 1.79. The van der Waals surface area contributed by atoms with Crippen LogP contribution in [-0.2, 0) is 17.9 Å². The van der Waals surface area contributed by atoms with E-state index in [-0.39, 0.29) is 11.8 Å². The predicted octanol–water partition coefficient (Wildman–Crippen LogP) is 2.84. The predicted molar refractivity (Wildman–Crippen MR) is 101 cm³/mol. The van der Waals surface area contributed by atoms with Crippen LogP contribution in [0.2, 0.25) is 0 Å². The molecule has 0 saturated carbocycles. The highest BCUT2D eigenvalue weighted by molar-refractivity contribution is 9.10. The third-order valence-electron chi connectivity index (χ3n) is 4.49. The van der Waals surface area contributed by atoms with E-state index in [9.17, 15) is 4.79 Å². The van der Waals surface area contributed by atoms with Gasteiger partial charge in [0.25, 0.3) is 0 Å². The number of amides is 1. The van der Waals surface area contributed by atoms with E-state index >= 15 is 0 Å². The van der Waals surface area contributed by atoms with E-state index in [0.29, 0.717) is 18.9 Å². The van der Waals surface area contributed by atoms with Gasteiger partial charge in [0.2, 0.25) is 5.91 Å². The molecule has 0 fully saturated rings. The van der Waals surface area contributed by atoms with Gasteiger partial charge in [0.15, 0.2) is 11.6 Å². The number of halogens is 1. The van der Waals surface area contributed by atoms with Gasteiger partial charge in [-0.15, -0.1) is 0 Å². The van der Waals surface area contributed by atoms with Crippen LogP contribution in [0.5, 0.6) is 0 Å². The molecule has 8 heteroatoms. The van der Waals surface area contributed by atoms with Crippen molar-refractivity contribution >= 4 is 21.8 Å². The van der Waals surface area contributed by atoms with Gasteiger partial charge in [-0.1, -0.05) is 29.8 Å². The average molecular weight is 415 g/mol. The molecule has 7 nitrogen and oxygen atoms in total. The van der Waals surface area contributed by atoms with Gasteiger partial charge in [-0.25, -0.2) is 14.6 Å². The SMILES string of the molecule is Cc1ncn2c1Cn1nc(CNC(=O)C(C)C)nc1-c1cc(Br)ccc1-2. The fourth-order valence-electron chi connectivity index (χ4n) is 3.04. The molecule has 4 rings (SSSR count). The second-order valence-corrected chi connectivity index (χ2v) is 7.61. The summed E-state index contributed by atoms with van der Waals surface area (Å²) in [5.41, 5.74) is 4.05. The van der Waals surface area contributed by atoms with E-state index in [1.54, 1.807) is 0 Å². The van der Waals surface area contributed by atoms with E-state index in [1.165, 1.54) is 0 Å². The van der Waals surface area contributed by atoms with E-state index in [0.717, 1.165) is 32.9 Å². The number of nitrogens with zero attached hydrogens (tertiary/aromatic N) is 5. The van der Waals surface area contributed by atoms with Crippen LogP contribution in [-0.4, -0.2) is 30.2 Å². The number of nitrogens with one attached hydrogen (secondary N) is 1. The van der Waals surface area contributed by atoms with Gasteiger partial charge in [-0.3, -0.25) is 4.79 Å². The summed E-state index contributed by atoms with van der Waals surface area (Å²) in [5.74, 6) is 1.32. The minimum Gasteiger partial charge on any atom is -0.349 e. The lowest BCUT2D eigenvalue weighted by molar-refractivity contribution is -0.124. The Hall–Kier alpha value is -2.48. The van der Waals surface area contributed by atoms with E-state index < -0.39 is 0 Å². The molecule has 1 N–H and O–H groups in total. The van der Waals surface area contributed by atoms with Crippen molar-refractivity contribution in [3.63, 3.8) is 0 Å². The number of carbonyl (C=O) groups is 1. The van der Waals surface area contributed by atoms with Crippen LogP contribution in [0.25, 0.3) is 17.1 Å². The Morgan fingerprint density at radius 3 is 2.96 bits per heavy atom. The van der Waals surface area contributed by atoms with E-state index in [4.69, 9.17) is 4.98 Å². The molecule has 0 aliphatic carbocycles.